The molecule has 150 valence electrons. The van der Waals surface area contributed by atoms with E-state index in [2.05, 4.69) is 15.3 Å². The van der Waals surface area contributed by atoms with Gasteiger partial charge in [-0.25, -0.2) is 14.3 Å². The largest absolute Gasteiger partial charge is 0.355 e. The Morgan fingerprint density at radius 3 is 2.70 bits per heavy atom. The van der Waals surface area contributed by atoms with Crippen LogP contribution in [0, 0.1) is 0 Å². The van der Waals surface area contributed by atoms with Crippen molar-refractivity contribution in [3.8, 4) is 5.69 Å². The zero-order chi connectivity index (χ0) is 21.3. The second kappa shape index (κ2) is 7.70. The zero-order valence-electron chi connectivity index (χ0n) is 16.0. The summed E-state index contributed by atoms with van der Waals surface area (Å²) in [5.41, 5.74) is -0.250. The van der Waals surface area contributed by atoms with Crippen LogP contribution < -0.4 is 16.6 Å². The van der Waals surface area contributed by atoms with Gasteiger partial charge in [0, 0.05) is 32.0 Å². The number of nitrogens with one attached hydrogen (secondary N) is 1. The van der Waals surface area contributed by atoms with Crippen LogP contribution in [0.1, 0.15) is 16.8 Å². The number of nitrogens with zero attached hydrogens (tertiary/aromatic N) is 4. The number of carbonyl (C=O) groups excluding carboxylic acids is 2. The number of hydrogen-bond donors (Lipinski definition) is 1. The highest BCUT2D eigenvalue weighted by Crippen LogP contribution is 2.17. The molecule has 1 aromatic carbocycles. The predicted molar refractivity (Wildman–Crippen MR) is 111 cm³/mol. The van der Waals surface area contributed by atoms with Gasteiger partial charge in [0.1, 0.15) is 0 Å². The number of benzene rings is 1. The second-order valence-electron chi connectivity index (χ2n) is 6.60. The Kier molecular flexibility index (Phi) is 4.93. The van der Waals surface area contributed by atoms with E-state index in [1.807, 2.05) is 0 Å². The molecule has 1 aliphatic rings. The van der Waals surface area contributed by atoms with Crippen molar-refractivity contribution in [2.24, 2.45) is 4.99 Å². The number of amides is 1. The van der Waals surface area contributed by atoms with Crippen molar-refractivity contribution in [1.29, 1.82) is 0 Å². The zero-order valence-corrected chi connectivity index (χ0v) is 16.0. The molecule has 1 amide bonds. The van der Waals surface area contributed by atoms with E-state index in [-0.39, 0.29) is 46.9 Å². The van der Waals surface area contributed by atoms with Crippen LogP contribution >= 0.6 is 0 Å². The summed E-state index contributed by atoms with van der Waals surface area (Å²) >= 11 is 0. The Labute approximate surface area is 170 Å². The molecule has 0 saturated heterocycles. The summed E-state index contributed by atoms with van der Waals surface area (Å²) in [7, 11) is 1.49. The third-order valence-electron chi connectivity index (χ3n) is 4.71. The molecule has 0 aliphatic carbocycles. The van der Waals surface area contributed by atoms with E-state index in [0.29, 0.717) is 5.70 Å². The van der Waals surface area contributed by atoms with Gasteiger partial charge in [-0.2, -0.15) is 0 Å². The number of allylic oxidation sites excluding steroid dienone is 2. The molecule has 9 nitrogen and oxygen atoms in total. The Morgan fingerprint density at radius 1 is 1.13 bits per heavy atom. The van der Waals surface area contributed by atoms with Gasteiger partial charge < -0.3 is 5.32 Å². The number of ketones is 1. The molecule has 1 N–H and O–H groups in total. The molecule has 0 atom stereocenters. The number of pyridine rings is 1. The Morgan fingerprint density at radius 2 is 1.93 bits per heavy atom. The first-order chi connectivity index (χ1) is 14.5. The lowest BCUT2D eigenvalue weighted by Gasteiger charge is -2.16. The summed E-state index contributed by atoms with van der Waals surface area (Å²) in [6.07, 6.45) is 4.42. The first-order valence-electron chi connectivity index (χ1n) is 9.19. The van der Waals surface area contributed by atoms with E-state index in [0.717, 1.165) is 4.57 Å². The standard InChI is InChI=1S/C21H17N5O4/c1-22-19(28)15-5-2-3-7-17(15)26-18-16(6-4-9-24-18)20(29)25(21(26)30)12-13-11-14(27)8-10-23-13/h2-7,9-11H,8,12H2,1H3,(H,22,28). The minimum Gasteiger partial charge on any atom is -0.355 e. The highest BCUT2D eigenvalue weighted by atomic mass is 16.2. The number of fused-ring (bicyclic) bond motifs is 1. The van der Waals surface area contributed by atoms with Crippen LogP contribution in [0.4, 0.5) is 0 Å². The van der Waals surface area contributed by atoms with Gasteiger partial charge in [-0.1, -0.05) is 12.1 Å². The monoisotopic (exact) mass is 403 g/mol. The predicted octanol–water partition coefficient (Wildman–Crippen LogP) is 0.834. The van der Waals surface area contributed by atoms with Crippen LogP contribution in [0.2, 0.25) is 0 Å². The van der Waals surface area contributed by atoms with Crippen molar-refractivity contribution in [3.05, 3.63) is 80.8 Å². The van der Waals surface area contributed by atoms with Gasteiger partial charge in [0.05, 0.1) is 28.9 Å². The van der Waals surface area contributed by atoms with Gasteiger partial charge >= 0.3 is 5.69 Å². The van der Waals surface area contributed by atoms with Gasteiger partial charge in [0.25, 0.3) is 11.5 Å². The van der Waals surface area contributed by atoms with E-state index in [1.165, 1.54) is 30.1 Å². The fraction of sp³-hybridized carbons (Fsp3) is 0.143. The van der Waals surface area contributed by atoms with Crippen LogP contribution in [-0.2, 0) is 11.3 Å². The molecule has 0 fully saturated rings. The summed E-state index contributed by atoms with van der Waals surface area (Å²) in [6.45, 7) is -0.174. The number of hydrogen-bond acceptors (Lipinski definition) is 6. The fourth-order valence-electron chi connectivity index (χ4n) is 3.32. The molecule has 0 saturated carbocycles. The van der Waals surface area contributed by atoms with Crippen molar-refractivity contribution in [2.45, 2.75) is 13.0 Å². The molecule has 30 heavy (non-hydrogen) atoms. The molecule has 0 bridgehead atoms. The second-order valence-corrected chi connectivity index (χ2v) is 6.60. The molecule has 9 heteroatoms. The van der Waals surface area contributed by atoms with Crippen LogP contribution in [-0.4, -0.2) is 39.1 Å². The molecule has 2 aromatic heterocycles. The summed E-state index contributed by atoms with van der Waals surface area (Å²) in [5.74, 6) is -0.537. The molecule has 0 unspecified atom stereocenters. The maximum absolute atomic E-state index is 13.4. The van der Waals surface area contributed by atoms with Crippen molar-refractivity contribution in [2.75, 3.05) is 7.05 Å². The van der Waals surface area contributed by atoms with Gasteiger partial charge in [0.2, 0.25) is 0 Å². The summed E-state index contributed by atoms with van der Waals surface area (Å²) in [6, 6.07) is 9.70. The van der Waals surface area contributed by atoms with Crippen molar-refractivity contribution < 1.29 is 9.59 Å². The normalized spacial score (nSPS) is 13.4. The van der Waals surface area contributed by atoms with Crippen LogP contribution in [0.15, 0.2) is 68.9 Å². The first-order valence-corrected chi connectivity index (χ1v) is 9.19. The number of aliphatic imine (C=N–C) groups is 1. The van der Waals surface area contributed by atoms with E-state index in [1.54, 1.807) is 36.4 Å². The maximum Gasteiger partial charge on any atom is 0.337 e. The van der Waals surface area contributed by atoms with E-state index >= 15 is 0 Å². The van der Waals surface area contributed by atoms with E-state index in [9.17, 15) is 19.2 Å². The third kappa shape index (κ3) is 3.26. The highest BCUT2D eigenvalue weighted by molar-refractivity contribution is 6.01. The average molecular weight is 403 g/mol. The van der Waals surface area contributed by atoms with Crippen LogP contribution in [0.3, 0.4) is 0 Å². The van der Waals surface area contributed by atoms with Gasteiger partial charge in [-0.3, -0.25) is 23.9 Å². The summed E-state index contributed by atoms with van der Waals surface area (Å²) in [4.78, 5) is 58.9. The molecule has 3 heterocycles. The SMILES string of the molecule is CNC(=O)c1ccccc1-n1c(=O)n(CC2=CC(=O)CC=N2)c(=O)c2cccnc21. The minimum absolute atomic E-state index is 0.136. The minimum atomic E-state index is -0.684. The number of carbonyl (C=O) groups is 2. The number of para-hydroxylation sites is 1. The Hall–Kier alpha value is -4.14. The third-order valence-corrected chi connectivity index (χ3v) is 4.71. The van der Waals surface area contributed by atoms with Crippen molar-refractivity contribution in [3.63, 3.8) is 0 Å². The maximum atomic E-state index is 13.4. The van der Waals surface area contributed by atoms with Gasteiger partial charge in [0.15, 0.2) is 11.4 Å². The van der Waals surface area contributed by atoms with Crippen LogP contribution in [0.25, 0.3) is 16.7 Å². The molecule has 1 aliphatic heterocycles. The molecule has 0 spiro atoms. The molecule has 0 radical (unpaired) electrons. The summed E-state index contributed by atoms with van der Waals surface area (Å²) in [5, 5.41) is 2.75. The van der Waals surface area contributed by atoms with Crippen molar-refractivity contribution >= 4 is 28.9 Å². The van der Waals surface area contributed by atoms with Gasteiger partial charge in [-0.05, 0) is 24.3 Å². The van der Waals surface area contributed by atoms with E-state index in [4.69, 9.17) is 0 Å². The van der Waals surface area contributed by atoms with Gasteiger partial charge in [-0.15, -0.1) is 0 Å². The molecular weight excluding hydrogens is 386 g/mol. The topological polar surface area (TPSA) is 115 Å². The lowest BCUT2D eigenvalue weighted by molar-refractivity contribution is -0.113. The number of aromatic nitrogens is 3. The smallest absolute Gasteiger partial charge is 0.337 e. The lowest BCUT2D eigenvalue weighted by atomic mass is 10.1. The lowest BCUT2D eigenvalue weighted by Crippen LogP contribution is -2.41. The first kappa shape index (κ1) is 19.2. The highest BCUT2D eigenvalue weighted by Gasteiger charge is 2.20. The molecular formula is C21H17N5O4. The fourth-order valence-corrected chi connectivity index (χ4v) is 3.32. The van der Waals surface area contributed by atoms with Crippen LogP contribution in [0.5, 0.6) is 0 Å². The Balaban J connectivity index is 2.03. The number of rotatable bonds is 4. The molecule has 3 aromatic rings. The van der Waals surface area contributed by atoms with Crippen molar-refractivity contribution in [1.82, 2.24) is 19.4 Å². The summed E-state index contributed by atoms with van der Waals surface area (Å²) < 4.78 is 2.22. The molecule has 4 rings (SSSR count). The average Bonchev–Trinajstić information content (AvgIpc) is 2.76. The quantitative estimate of drug-likeness (QED) is 0.693. The van der Waals surface area contributed by atoms with E-state index < -0.39 is 11.2 Å². The Bertz CT molecular complexity index is 1360.